The molecule has 122 valence electrons. The van der Waals surface area contributed by atoms with Gasteiger partial charge in [0.2, 0.25) is 0 Å². The molecule has 2 aromatic rings. The van der Waals surface area contributed by atoms with Gasteiger partial charge in [-0.15, -0.1) is 11.3 Å². The Morgan fingerprint density at radius 2 is 1.87 bits per heavy atom. The smallest absolute Gasteiger partial charge is 0.319 e. The molecule has 4 heteroatoms. The summed E-state index contributed by atoms with van der Waals surface area (Å²) in [5.74, 6) is 0. The minimum absolute atomic E-state index is 0.113. The zero-order chi connectivity index (χ0) is 16.3. The Balaban J connectivity index is 1.63. The van der Waals surface area contributed by atoms with E-state index in [-0.39, 0.29) is 11.4 Å². The van der Waals surface area contributed by atoms with Gasteiger partial charge >= 0.3 is 6.03 Å². The summed E-state index contributed by atoms with van der Waals surface area (Å²) in [4.78, 5) is 13.7. The van der Waals surface area contributed by atoms with Crippen molar-refractivity contribution in [2.24, 2.45) is 0 Å². The van der Waals surface area contributed by atoms with Crippen LogP contribution in [0.25, 0.3) is 0 Å². The van der Waals surface area contributed by atoms with E-state index in [1.165, 1.54) is 17.7 Å². The number of thiophene rings is 1. The van der Waals surface area contributed by atoms with Gasteiger partial charge in [-0.05, 0) is 61.4 Å². The predicted molar refractivity (Wildman–Crippen MR) is 97.4 cm³/mol. The van der Waals surface area contributed by atoms with Crippen molar-refractivity contribution >= 4 is 23.1 Å². The molecule has 23 heavy (non-hydrogen) atoms. The SMILES string of the molecule is Cc1cc(C)cc(NC(=O)NCC2(c3cccs3)CCCC2)c1. The maximum Gasteiger partial charge on any atom is 0.319 e. The normalized spacial score (nSPS) is 16.3. The number of benzene rings is 1. The molecule has 0 unspecified atom stereocenters. The zero-order valence-corrected chi connectivity index (χ0v) is 14.6. The molecule has 1 fully saturated rings. The van der Waals surface area contributed by atoms with Crippen molar-refractivity contribution in [3.63, 3.8) is 0 Å². The molecule has 1 saturated carbocycles. The van der Waals surface area contributed by atoms with Crippen LogP contribution in [0.4, 0.5) is 10.5 Å². The van der Waals surface area contributed by atoms with Crippen LogP contribution in [0.3, 0.4) is 0 Å². The van der Waals surface area contributed by atoms with Crippen LogP contribution in [0.15, 0.2) is 35.7 Å². The Bertz CT molecular complexity index is 652. The van der Waals surface area contributed by atoms with Gasteiger partial charge < -0.3 is 10.6 Å². The highest BCUT2D eigenvalue weighted by Gasteiger charge is 2.36. The maximum atomic E-state index is 12.3. The highest BCUT2D eigenvalue weighted by atomic mass is 32.1. The first kappa shape index (κ1) is 16.1. The first-order chi connectivity index (χ1) is 11.1. The number of rotatable bonds is 4. The molecular weight excluding hydrogens is 304 g/mol. The molecule has 0 atom stereocenters. The van der Waals surface area contributed by atoms with Crippen molar-refractivity contribution in [1.29, 1.82) is 0 Å². The number of amides is 2. The van der Waals surface area contributed by atoms with Gasteiger partial charge in [0.25, 0.3) is 0 Å². The minimum atomic E-state index is -0.113. The molecule has 2 N–H and O–H groups in total. The van der Waals surface area contributed by atoms with E-state index in [4.69, 9.17) is 0 Å². The van der Waals surface area contributed by atoms with Crippen molar-refractivity contribution in [3.8, 4) is 0 Å². The summed E-state index contributed by atoms with van der Waals surface area (Å²) in [6.07, 6.45) is 4.82. The Morgan fingerprint density at radius 1 is 1.17 bits per heavy atom. The van der Waals surface area contributed by atoms with E-state index >= 15 is 0 Å². The monoisotopic (exact) mass is 328 g/mol. The highest BCUT2D eigenvalue weighted by Crippen LogP contribution is 2.42. The number of carbonyl (C=O) groups excluding carboxylic acids is 1. The predicted octanol–water partition coefficient (Wildman–Crippen LogP) is 5.00. The summed E-state index contributed by atoms with van der Waals surface area (Å²) in [7, 11) is 0. The summed E-state index contributed by atoms with van der Waals surface area (Å²) < 4.78 is 0. The second kappa shape index (κ2) is 6.75. The lowest BCUT2D eigenvalue weighted by molar-refractivity contribution is 0.248. The third-order valence-electron chi connectivity index (χ3n) is 4.67. The number of urea groups is 1. The highest BCUT2D eigenvalue weighted by molar-refractivity contribution is 7.10. The van der Waals surface area contributed by atoms with Crippen LogP contribution in [0, 0.1) is 13.8 Å². The van der Waals surface area contributed by atoms with Crippen molar-refractivity contribution in [2.75, 3.05) is 11.9 Å². The molecule has 3 rings (SSSR count). The first-order valence-corrected chi connectivity index (χ1v) is 9.13. The first-order valence-electron chi connectivity index (χ1n) is 8.25. The topological polar surface area (TPSA) is 41.1 Å². The number of carbonyl (C=O) groups is 1. The molecule has 1 aliphatic carbocycles. The van der Waals surface area contributed by atoms with Gasteiger partial charge in [0, 0.05) is 22.5 Å². The van der Waals surface area contributed by atoms with E-state index in [2.05, 4.69) is 34.2 Å². The molecule has 2 amide bonds. The molecule has 0 bridgehead atoms. The molecule has 0 aliphatic heterocycles. The quantitative estimate of drug-likeness (QED) is 0.815. The van der Waals surface area contributed by atoms with Crippen LogP contribution >= 0.6 is 11.3 Å². The Hall–Kier alpha value is -1.81. The molecular formula is C19H24N2OS. The fourth-order valence-corrected chi connectivity index (χ4v) is 4.60. The van der Waals surface area contributed by atoms with Crippen LogP contribution in [-0.4, -0.2) is 12.6 Å². The van der Waals surface area contributed by atoms with Crippen molar-refractivity contribution in [3.05, 3.63) is 51.7 Å². The van der Waals surface area contributed by atoms with Crippen molar-refractivity contribution in [2.45, 2.75) is 44.9 Å². The lowest BCUT2D eigenvalue weighted by atomic mass is 9.84. The van der Waals surface area contributed by atoms with Crippen LogP contribution in [0.5, 0.6) is 0 Å². The van der Waals surface area contributed by atoms with Crippen LogP contribution < -0.4 is 10.6 Å². The van der Waals surface area contributed by atoms with Gasteiger partial charge in [-0.2, -0.15) is 0 Å². The zero-order valence-electron chi connectivity index (χ0n) is 13.8. The van der Waals surface area contributed by atoms with E-state index < -0.39 is 0 Å². The maximum absolute atomic E-state index is 12.3. The van der Waals surface area contributed by atoms with E-state index in [1.807, 2.05) is 26.0 Å². The van der Waals surface area contributed by atoms with Crippen molar-refractivity contribution in [1.82, 2.24) is 5.32 Å². The summed E-state index contributed by atoms with van der Waals surface area (Å²) in [5.41, 5.74) is 3.31. The van der Waals surface area contributed by atoms with Gasteiger partial charge in [0.1, 0.15) is 0 Å². The van der Waals surface area contributed by atoms with Crippen LogP contribution in [-0.2, 0) is 5.41 Å². The standard InChI is InChI=1S/C19H24N2OS/c1-14-10-15(2)12-16(11-14)21-18(22)20-13-19(7-3-4-8-19)17-6-5-9-23-17/h5-6,9-12H,3-4,7-8,13H2,1-2H3,(H2,20,21,22). The van der Waals surface area contributed by atoms with Gasteiger partial charge in [-0.1, -0.05) is 25.0 Å². The number of hydrogen-bond acceptors (Lipinski definition) is 2. The number of anilines is 1. The summed E-state index contributed by atoms with van der Waals surface area (Å²) in [6.45, 7) is 4.80. The van der Waals surface area contributed by atoms with Gasteiger partial charge in [-0.3, -0.25) is 0 Å². The van der Waals surface area contributed by atoms with Crippen molar-refractivity contribution < 1.29 is 4.79 Å². The van der Waals surface area contributed by atoms with E-state index in [0.717, 1.165) is 29.7 Å². The molecule has 1 aromatic heterocycles. The fraction of sp³-hybridized carbons (Fsp3) is 0.421. The largest absolute Gasteiger partial charge is 0.337 e. The third kappa shape index (κ3) is 3.75. The summed E-state index contributed by atoms with van der Waals surface area (Å²) >= 11 is 1.81. The third-order valence-corrected chi connectivity index (χ3v) is 5.79. The average Bonchev–Trinajstić information content (AvgIpc) is 3.16. The molecule has 0 saturated heterocycles. The molecule has 0 spiro atoms. The second-order valence-electron chi connectivity index (χ2n) is 6.65. The van der Waals surface area contributed by atoms with E-state index in [0.29, 0.717) is 6.54 Å². The van der Waals surface area contributed by atoms with Crippen LogP contribution in [0.2, 0.25) is 0 Å². The lowest BCUT2D eigenvalue weighted by Crippen LogP contribution is -2.40. The van der Waals surface area contributed by atoms with Crippen LogP contribution in [0.1, 0.15) is 41.7 Å². The van der Waals surface area contributed by atoms with E-state index in [1.54, 1.807) is 11.3 Å². The van der Waals surface area contributed by atoms with Gasteiger partial charge in [0.05, 0.1) is 0 Å². The Kier molecular flexibility index (Phi) is 4.71. The molecule has 1 heterocycles. The molecule has 1 aliphatic rings. The fourth-order valence-electron chi connectivity index (χ4n) is 3.61. The summed E-state index contributed by atoms with van der Waals surface area (Å²) in [6, 6.07) is 10.3. The lowest BCUT2D eigenvalue weighted by Gasteiger charge is -2.28. The average molecular weight is 328 g/mol. The molecule has 0 radical (unpaired) electrons. The Morgan fingerprint density at radius 3 is 2.48 bits per heavy atom. The number of aryl methyl sites for hydroxylation is 2. The van der Waals surface area contributed by atoms with E-state index in [9.17, 15) is 4.79 Å². The number of nitrogens with one attached hydrogen (secondary N) is 2. The minimum Gasteiger partial charge on any atom is -0.337 e. The Labute approximate surface area is 142 Å². The van der Waals surface area contributed by atoms with Gasteiger partial charge in [0.15, 0.2) is 0 Å². The molecule has 1 aromatic carbocycles. The van der Waals surface area contributed by atoms with Gasteiger partial charge in [-0.25, -0.2) is 4.79 Å². The summed E-state index contributed by atoms with van der Waals surface area (Å²) in [5, 5.41) is 8.19. The molecule has 3 nitrogen and oxygen atoms in total. The second-order valence-corrected chi connectivity index (χ2v) is 7.60. The number of hydrogen-bond donors (Lipinski definition) is 2.